The van der Waals surface area contributed by atoms with E-state index in [1.807, 2.05) is 0 Å². The average molecular weight is 114 g/mol. The van der Waals surface area contributed by atoms with Crippen LogP contribution < -0.4 is 6.15 Å². The fraction of sp³-hybridized carbons (Fsp3) is 0. The Morgan fingerprint density at radius 2 is 1.60 bits per heavy atom. The SMILES string of the molecule is N.O=CO.[V]. The van der Waals surface area contributed by atoms with Crippen LogP contribution in [0.15, 0.2) is 0 Å². The molecule has 0 aliphatic heterocycles. The molecule has 4 heteroatoms. The fourth-order valence-electron chi connectivity index (χ4n) is 0. The van der Waals surface area contributed by atoms with Gasteiger partial charge >= 0.3 is 0 Å². The van der Waals surface area contributed by atoms with Gasteiger partial charge in [0.25, 0.3) is 6.47 Å². The van der Waals surface area contributed by atoms with Crippen molar-refractivity contribution in [2.75, 3.05) is 0 Å². The summed E-state index contributed by atoms with van der Waals surface area (Å²) in [6.45, 7) is -0.250. The first-order valence-corrected chi connectivity index (χ1v) is 0.494. The Kier molecular flexibility index (Phi) is 141. The number of hydrogen-bond donors (Lipinski definition) is 2. The van der Waals surface area contributed by atoms with Crippen LogP contribution in [0.1, 0.15) is 0 Å². The van der Waals surface area contributed by atoms with Crippen molar-refractivity contribution < 1.29 is 28.5 Å². The second-order valence-electron chi connectivity index (χ2n) is 0.105. The summed E-state index contributed by atoms with van der Waals surface area (Å²) < 4.78 is 0. The van der Waals surface area contributed by atoms with Crippen molar-refractivity contribution in [3.63, 3.8) is 0 Å². The normalized spacial score (nSPS) is 2.40. The van der Waals surface area contributed by atoms with Gasteiger partial charge in [0.2, 0.25) is 0 Å². The van der Waals surface area contributed by atoms with Gasteiger partial charge in [0, 0.05) is 18.6 Å². The molecular weight excluding hydrogens is 109 g/mol. The number of rotatable bonds is 0. The number of carboxylic acid groups (broad SMARTS) is 1. The molecule has 1 radical (unpaired) electrons. The van der Waals surface area contributed by atoms with Gasteiger partial charge in [-0.05, 0) is 0 Å². The predicted octanol–water partition coefficient (Wildman–Crippen LogP) is -0.140. The minimum atomic E-state index is -0.250. The second kappa shape index (κ2) is 35.4. The molecule has 0 unspecified atom stereocenters. The summed E-state index contributed by atoms with van der Waals surface area (Å²) in [5.74, 6) is 0. The Morgan fingerprint density at radius 1 is 1.60 bits per heavy atom. The predicted molar refractivity (Wildman–Crippen MR) is 13.7 cm³/mol. The molecule has 0 fully saturated rings. The topological polar surface area (TPSA) is 72.3 Å². The first-order chi connectivity index (χ1) is 1.41. The number of carbonyl (C=O) groups is 1. The molecule has 0 spiro atoms. The van der Waals surface area contributed by atoms with E-state index in [2.05, 4.69) is 0 Å². The van der Waals surface area contributed by atoms with Crippen molar-refractivity contribution in [2.24, 2.45) is 0 Å². The maximum Gasteiger partial charge on any atom is 0.290 e. The molecule has 0 rings (SSSR count). The largest absolute Gasteiger partial charge is 0.483 e. The smallest absolute Gasteiger partial charge is 0.290 e. The van der Waals surface area contributed by atoms with Crippen molar-refractivity contribution in [2.45, 2.75) is 0 Å². The summed E-state index contributed by atoms with van der Waals surface area (Å²) in [7, 11) is 0. The second-order valence-corrected chi connectivity index (χ2v) is 0.105. The van der Waals surface area contributed by atoms with Crippen LogP contribution in [-0.2, 0) is 23.4 Å². The molecule has 0 heterocycles. The van der Waals surface area contributed by atoms with Gasteiger partial charge in [-0.1, -0.05) is 0 Å². The molecule has 0 saturated carbocycles. The molecule has 0 amide bonds. The number of hydrogen-bond acceptors (Lipinski definition) is 2. The summed E-state index contributed by atoms with van der Waals surface area (Å²) in [5.41, 5.74) is 0. The van der Waals surface area contributed by atoms with Crippen LogP contribution in [0.4, 0.5) is 0 Å². The van der Waals surface area contributed by atoms with E-state index in [4.69, 9.17) is 9.90 Å². The van der Waals surface area contributed by atoms with Crippen molar-refractivity contribution in [3.05, 3.63) is 0 Å². The van der Waals surface area contributed by atoms with Gasteiger partial charge in [-0.3, -0.25) is 4.79 Å². The van der Waals surface area contributed by atoms with Crippen LogP contribution in [0.25, 0.3) is 0 Å². The van der Waals surface area contributed by atoms with Gasteiger partial charge < -0.3 is 11.3 Å². The summed E-state index contributed by atoms with van der Waals surface area (Å²) in [6.07, 6.45) is 0. The zero-order valence-electron chi connectivity index (χ0n) is 2.59. The Labute approximate surface area is 41.8 Å². The van der Waals surface area contributed by atoms with Crippen molar-refractivity contribution in [1.82, 2.24) is 6.15 Å². The third-order valence-electron chi connectivity index (χ3n) is 0. The molecule has 0 atom stereocenters. The molecule has 0 aromatic carbocycles. The van der Waals surface area contributed by atoms with E-state index >= 15 is 0 Å². The van der Waals surface area contributed by atoms with Crippen LogP contribution in [0.3, 0.4) is 0 Å². The van der Waals surface area contributed by atoms with Gasteiger partial charge in [-0.15, -0.1) is 0 Å². The van der Waals surface area contributed by atoms with E-state index in [0.29, 0.717) is 0 Å². The van der Waals surface area contributed by atoms with Crippen LogP contribution in [0, 0.1) is 0 Å². The van der Waals surface area contributed by atoms with Gasteiger partial charge in [0.15, 0.2) is 0 Å². The zero-order valence-corrected chi connectivity index (χ0v) is 3.98. The fourth-order valence-corrected chi connectivity index (χ4v) is 0. The molecule has 0 aliphatic carbocycles. The average Bonchev–Trinajstić information content (AvgIpc) is 0.918. The Morgan fingerprint density at radius 3 is 1.60 bits per heavy atom. The molecule has 0 aromatic heterocycles. The zero-order chi connectivity index (χ0) is 2.71. The summed E-state index contributed by atoms with van der Waals surface area (Å²) in [6, 6.07) is 0. The molecule has 0 bridgehead atoms. The molecule has 4 N–H and O–H groups in total. The minimum Gasteiger partial charge on any atom is -0.483 e. The maximum absolute atomic E-state index is 8.36. The quantitative estimate of drug-likeness (QED) is 0.430. The molecular formula is CH5NO2V. The van der Waals surface area contributed by atoms with E-state index < -0.39 is 0 Å². The molecule has 3 nitrogen and oxygen atoms in total. The van der Waals surface area contributed by atoms with Crippen LogP contribution >= 0.6 is 0 Å². The Bertz CT molecular complexity index is 17.1. The first-order valence-electron chi connectivity index (χ1n) is 0.494. The van der Waals surface area contributed by atoms with E-state index in [0.717, 1.165) is 0 Å². The Balaban J connectivity index is -0.0000000200. The summed E-state index contributed by atoms with van der Waals surface area (Å²) >= 11 is 0. The van der Waals surface area contributed by atoms with Crippen LogP contribution in [-0.4, -0.2) is 11.6 Å². The third-order valence-corrected chi connectivity index (χ3v) is 0. The minimum absolute atomic E-state index is 0. The van der Waals surface area contributed by atoms with Gasteiger partial charge in [0.05, 0.1) is 0 Å². The van der Waals surface area contributed by atoms with E-state index in [1.165, 1.54) is 0 Å². The third kappa shape index (κ3) is 78400. The molecule has 31 valence electrons. The summed E-state index contributed by atoms with van der Waals surface area (Å²) in [5, 5.41) is 6.89. The molecule has 5 heavy (non-hydrogen) atoms. The van der Waals surface area contributed by atoms with Crippen LogP contribution in [0.2, 0.25) is 0 Å². The van der Waals surface area contributed by atoms with E-state index in [-0.39, 0.29) is 31.2 Å². The van der Waals surface area contributed by atoms with Crippen molar-refractivity contribution >= 4 is 6.47 Å². The van der Waals surface area contributed by atoms with Crippen LogP contribution in [0.5, 0.6) is 0 Å². The standard InChI is InChI=1S/CH2O2.H3N.V/c2-1-3;;/h1H,(H,2,3);1H3;. The van der Waals surface area contributed by atoms with E-state index in [9.17, 15) is 0 Å². The first kappa shape index (κ1) is 19.9. The van der Waals surface area contributed by atoms with Crippen molar-refractivity contribution in [3.8, 4) is 0 Å². The molecule has 0 aromatic rings. The molecule has 0 aliphatic rings. The van der Waals surface area contributed by atoms with Gasteiger partial charge in [0.1, 0.15) is 0 Å². The van der Waals surface area contributed by atoms with Crippen molar-refractivity contribution in [1.29, 1.82) is 0 Å². The monoisotopic (exact) mass is 114 g/mol. The molecule has 0 saturated heterocycles. The maximum atomic E-state index is 8.36. The van der Waals surface area contributed by atoms with Gasteiger partial charge in [-0.2, -0.15) is 0 Å². The Hall–Kier alpha value is 0.0144. The van der Waals surface area contributed by atoms with E-state index in [1.54, 1.807) is 0 Å². The summed E-state index contributed by atoms with van der Waals surface area (Å²) in [4.78, 5) is 8.36. The van der Waals surface area contributed by atoms with Gasteiger partial charge in [-0.25, -0.2) is 0 Å².